The number of fused-ring (bicyclic) bond motifs is 2. The Hall–Kier alpha value is -1.06. The Morgan fingerprint density at radius 3 is 2.59 bits per heavy atom. The molecule has 2 aliphatic rings. The van der Waals surface area contributed by atoms with Gasteiger partial charge in [0.15, 0.2) is 0 Å². The van der Waals surface area contributed by atoms with E-state index in [1.807, 2.05) is 24.3 Å². The number of nitrogens with one attached hydrogen (secondary N) is 1. The van der Waals surface area contributed by atoms with Gasteiger partial charge >= 0.3 is 0 Å². The first-order chi connectivity index (χ1) is 10.6. The first kappa shape index (κ1) is 15.8. The van der Waals surface area contributed by atoms with E-state index in [0.29, 0.717) is 24.4 Å². The molecule has 0 saturated heterocycles. The molecule has 2 saturated carbocycles. The van der Waals surface area contributed by atoms with Gasteiger partial charge in [0, 0.05) is 23.5 Å². The van der Waals surface area contributed by atoms with Crippen molar-refractivity contribution in [3.05, 3.63) is 34.9 Å². The lowest BCUT2D eigenvalue weighted by molar-refractivity contribution is -0.127. The van der Waals surface area contributed by atoms with Crippen LogP contribution in [0.3, 0.4) is 0 Å². The molecule has 22 heavy (non-hydrogen) atoms. The highest BCUT2D eigenvalue weighted by atomic mass is 35.5. The zero-order chi connectivity index (χ0) is 15.5. The summed E-state index contributed by atoms with van der Waals surface area (Å²) in [5, 5.41) is 3.87. The summed E-state index contributed by atoms with van der Waals surface area (Å²) < 4.78 is 0. The molecule has 4 heteroatoms. The minimum Gasteiger partial charge on any atom is -0.356 e. The molecule has 0 heterocycles. The van der Waals surface area contributed by atoms with Crippen LogP contribution in [0.25, 0.3) is 0 Å². The van der Waals surface area contributed by atoms with Crippen LogP contribution >= 0.6 is 11.6 Å². The van der Waals surface area contributed by atoms with Crippen LogP contribution in [0.5, 0.6) is 0 Å². The van der Waals surface area contributed by atoms with Crippen LogP contribution in [-0.2, 0) is 11.2 Å². The number of nitrogens with two attached hydrogens (primary N) is 1. The van der Waals surface area contributed by atoms with E-state index in [-0.39, 0.29) is 11.8 Å². The molecule has 1 aromatic carbocycles. The Kier molecular flexibility index (Phi) is 5.04. The van der Waals surface area contributed by atoms with Gasteiger partial charge in [0.1, 0.15) is 0 Å². The molecule has 2 aliphatic carbocycles. The van der Waals surface area contributed by atoms with E-state index < -0.39 is 0 Å². The molecule has 3 N–H and O–H groups in total. The third-order valence-electron chi connectivity index (χ3n) is 5.44. The topological polar surface area (TPSA) is 55.1 Å². The maximum absolute atomic E-state index is 12.4. The zero-order valence-corrected chi connectivity index (χ0v) is 13.7. The predicted molar refractivity (Wildman–Crippen MR) is 89.7 cm³/mol. The van der Waals surface area contributed by atoms with Gasteiger partial charge in [-0.1, -0.05) is 36.2 Å². The van der Waals surface area contributed by atoms with Crippen molar-refractivity contribution in [1.82, 2.24) is 5.32 Å². The summed E-state index contributed by atoms with van der Waals surface area (Å²) >= 11 is 6.14. The molecule has 2 fully saturated rings. The SMILES string of the molecule is NC1C2CCCC1CC(C(=O)NCCc1ccccc1Cl)C2. The summed E-state index contributed by atoms with van der Waals surface area (Å²) in [5.74, 6) is 1.45. The molecule has 0 aliphatic heterocycles. The van der Waals surface area contributed by atoms with Gasteiger partial charge in [-0.15, -0.1) is 0 Å². The quantitative estimate of drug-likeness (QED) is 0.895. The minimum atomic E-state index is 0.154. The molecule has 2 atom stereocenters. The van der Waals surface area contributed by atoms with Crippen molar-refractivity contribution < 1.29 is 4.79 Å². The number of carbonyl (C=O) groups excluding carboxylic acids is 1. The van der Waals surface area contributed by atoms with E-state index in [1.165, 1.54) is 19.3 Å². The van der Waals surface area contributed by atoms with E-state index in [9.17, 15) is 4.79 Å². The molecular formula is C18H25ClN2O. The smallest absolute Gasteiger partial charge is 0.223 e. The summed E-state index contributed by atoms with van der Waals surface area (Å²) in [7, 11) is 0. The Labute approximate surface area is 137 Å². The number of carbonyl (C=O) groups is 1. The molecule has 3 rings (SSSR count). The maximum atomic E-state index is 12.4. The van der Waals surface area contributed by atoms with E-state index in [2.05, 4.69) is 5.32 Å². The van der Waals surface area contributed by atoms with Gasteiger partial charge in [-0.3, -0.25) is 4.79 Å². The van der Waals surface area contributed by atoms with Crippen LogP contribution in [0, 0.1) is 17.8 Å². The van der Waals surface area contributed by atoms with Crippen molar-refractivity contribution in [3.63, 3.8) is 0 Å². The average Bonchev–Trinajstić information content (AvgIpc) is 2.49. The van der Waals surface area contributed by atoms with E-state index in [1.54, 1.807) is 0 Å². The van der Waals surface area contributed by atoms with Crippen LogP contribution in [0.4, 0.5) is 0 Å². The highest BCUT2D eigenvalue weighted by molar-refractivity contribution is 6.31. The molecule has 1 aromatic rings. The summed E-state index contributed by atoms with van der Waals surface area (Å²) in [4.78, 5) is 12.4. The predicted octanol–water partition coefficient (Wildman–Crippen LogP) is 3.15. The number of benzene rings is 1. The monoisotopic (exact) mass is 320 g/mol. The van der Waals surface area contributed by atoms with E-state index >= 15 is 0 Å². The number of hydrogen-bond donors (Lipinski definition) is 2. The van der Waals surface area contributed by atoms with Gasteiger partial charge in [-0.25, -0.2) is 0 Å². The second-order valence-electron chi connectivity index (χ2n) is 6.83. The molecule has 0 radical (unpaired) electrons. The highest BCUT2D eigenvalue weighted by Gasteiger charge is 2.40. The Morgan fingerprint density at radius 2 is 1.91 bits per heavy atom. The summed E-state index contributed by atoms with van der Waals surface area (Å²) in [6.45, 7) is 0.653. The second kappa shape index (κ2) is 7.01. The van der Waals surface area contributed by atoms with Gasteiger partial charge in [0.25, 0.3) is 0 Å². The van der Waals surface area contributed by atoms with Crippen molar-refractivity contribution in [1.29, 1.82) is 0 Å². The zero-order valence-electron chi connectivity index (χ0n) is 12.9. The fourth-order valence-electron chi connectivity index (χ4n) is 4.17. The Bertz CT molecular complexity index is 520. The van der Waals surface area contributed by atoms with Gasteiger partial charge in [0.2, 0.25) is 5.91 Å². The van der Waals surface area contributed by atoms with Gasteiger partial charge in [-0.05, 0) is 55.6 Å². The average molecular weight is 321 g/mol. The first-order valence-corrected chi connectivity index (χ1v) is 8.79. The number of amides is 1. The maximum Gasteiger partial charge on any atom is 0.223 e. The fraction of sp³-hybridized carbons (Fsp3) is 0.611. The molecule has 0 aromatic heterocycles. The van der Waals surface area contributed by atoms with E-state index in [0.717, 1.165) is 29.8 Å². The molecule has 2 bridgehead atoms. The van der Waals surface area contributed by atoms with Crippen molar-refractivity contribution in [3.8, 4) is 0 Å². The number of halogens is 1. The van der Waals surface area contributed by atoms with Crippen LogP contribution in [-0.4, -0.2) is 18.5 Å². The molecule has 2 unspecified atom stereocenters. The highest BCUT2D eigenvalue weighted by Crippen LogP contribution is 2.41. The third-order valence-corrected chi connectivity index (χ3v) is 5.80. The molecular weight excluding hydrogens is 296 g/mol. The fourth-order valence-corrected chi connectivity index (χ4v) is 4.40. The van der Waals surface area contributed by atoms with Crippen molar-refractivity contribution in [2.45, 2.75) is 44.6 Å². The molecule has 0 spiro atoms. The van der Waals surface area contributed by atoms with Crippen molar-refractivity contribution in [2.75, 3.05) is 6.54 Å². The number of hydrogen-bond acceptors (Lipinski definition) is 2. The van der Waals surface area contributed by atoms with Crippen LogP contribution in [0.2, 0.25) is 5.02 Å². The standard InChI is InChI=1S/C18H25ClN2O/c19-16-7-2-1-4-12(16)8-9-21-18(22)15-10-13-5-3-6-14(11-15)17(13)20/h1-2,4,7,13-15,17H,3,5-6,8-11,20H2,(H,21,22). The third kappa shape index (κ3) is 3.47. The lowest BCUT2D eigenvalue weighted by atomic mass is 9.65. The molecule has 3 nitrogen and oxygen atoms in total. The molecule has 120 valence electrons. The van der Waals surface area contributed by atoms with Gasteiger partial charge in [0.05, 0.1) is 0 Å². The van der Waals surface area contributed by atoms with Crippen LogP contribution in [0.15, 0.2) is 24.3 Å². The van der Waals surface area contributed by atoms with Crippen molar-refractivity contribution in [2.24, 2.45) is 23.5 Å². The lowest BCUT2D eigenvalue weighted by Gasteiger charge is -2.43. The summed E-state index contributed by atoms with van der Waals surface area (Å²) in [6, 6.07) is 8.13. The summed E-state index contributed by atoms with van der Waals surface area (Å²) in [6.07, 6.45) is 6.39. The van der Waals surface area contributed by atoms with Crippen molar-refractivity contribution >= 4 is 17.5 Å². The minimum absolute atomic E-state index is 0.154. The second-order valence-corrected chi connectivity index (χ2v) is 7.24. The Morgan fingerprint density at radius 1 is 1.23 bits per heavy atom. The van der Waals surface area contributed by atoms with Gasteiger partial charge < -0.3 is 11.1 Å². The molecule has 1 amide bonds. The lowest BCUT2D eigenvalue weighted by Crippen LogP contribution is -2.49. The number of rotatable bonds is 4. The Balaban J connectivity index is 1.49. The van der Waals surface area contributed by atoms with E-state index in [4.69, 9.17) is 17.3 Å². The van der Waals surface area contributed by atoms with Crippen LogP contribution in [0.1, 0.15) is 37.7 Å². The van der Waals surface area contributed by atoms with Gasteiger partial charge in [-0.2, -0.15) is 0 Å². The van der Waals surface area contributed by atoms with Crippen LogP contribution < -0.4 is 11.1 Å². The normalized spacial score (nSPS) is 30.8. The summed E-state index contributed by atoms with van der Waals surface area (Å²) in [5.41, 5.74) is 7.38. The first-order valence-electron chi connectivity index (χ1n) is 8.42. The largest absolute Gasteiger partial charge is 0.356 e.